The van der Waals surface area contributed by atoms with E-state index in [1.165, 1.54) is 33.4 Å². The van der Waals surface area contributed by atoms with Gasteiger partial charge in [0.05, 0.1) is 17.8 Å². The number of benzene rings is 1. The molecule has 0 aliphatic rings. The van der Waals surface area contributed by atoms with Gasteiger partial charge in [-0.15, -0.1) is 0 Å². The van der Waals surface area contributed by atoms with Crippen LogP contribution in [0.4, 0.5) is 0 Å². The molecule has 57 heavy (non-hydrogen) atoms. The maximum atomic E-state index is 14.2. The van der Waals surface area contributed by atoms with E-state index in [0.29, 0.717) is 18.7 Å². The summed E-state index contributed by atoms with van der Waals surface area (Å²) < 4.78 is 29.3. The van der Waals surface area contributed by atoms with E-state index in [2.05, 4.69) is 26.1 Å². The van der Waals surface area contributed by atoms with Crippen molar-refractivity contribution >= 4 is 84.0 Å². The number of carbonyl (C=O) groups is 5. The number of hydrogen-bond donors (Lipinski definition) is 5. The highest BCUT2D eigenvalue weighted by molar-refractivity contribution is 14.1. The summed E-state index contributed by atoms with van der Waals surface area (Å²) in [6.07, 6.45) is 4.64. The number of sulfonamides is 1. The lowest BCUT2D eigenvalue weighted by Gasteiger charge is -2.40. The average molecular weight is 968 g/mol. The van der Waals surface area contributed by atoms with Gasteiger partial charge in [-0.1, -0.05) is 113 Å². The smallest absolute Gasteiger partial charge is 0.260 e. The molecule has 0 aromatic heterocycles. The zero-order chi connectivity index (χ0) is 43.6. The molecule has 5 N–H and O–H groups in total. The minimum Gasteiger partial charge on any atom is -0.356 e. The van der Waals surface area contributed by atoms with Crippen LogP contribution in [-0.4, -0.2) is 109 Å². The first-order chi connectivity index (χ1) is 26.4. The number of rotatable bonds is 25. The fraction of sp³-hybridized carbons (Fsp3) is 0.667. The van der Waals surface area contributed by atoms with Gasteiger partial charge in [0.2, 0.25) is 33.7 Å². The third-order valence-electron chi connectivity index (χ3n) is 9.31. The van der Waals surface area contributed by atoms with Crippen molar-refractivity contribution in [1.82, 2.24) is 34.2 Å². The van der Waals surface area contributed by atoms with Crippen LogP contribution in [0.2, 0.25) is 0 Å². The van der Waals surface area contributed by atoms with Crippen molar-refractivity contribution < 1.29 is 32.4 Å². The Morgan fingerprint density at radius 2 is 1.49 bits per heavy atom. The summed E-state index contributed by atoms with van der Waals surface area (Å²) in [6, 6.07) is 7.55. The Balaban J connectivity index is 2.73. The highest BCUT2D eigenvalue weighted by Gasteiger charge is 2.41. The number of nitrogens with one attached hydrogen (secondary N) is 5. The Morgan fingerprint density at radius 3 is 2.05 bits per heavy atom. The van der Waals surface area contributed by atoms with Crippen molar-refractivity contribution in [3.63, 3.8) is 0 Å². The number of amides is 5. The molecule has 0 fully saturated rings. The molecule has 1 rings (SSSR count). The van der Waals surface area contributed by atoms with E-state index < -0.39 is 44.9 Å². The first-order valence-electron chi connectivity index (χ1n) is 19.2. The first-order valence-corrected chi connectivity index (χ1v) is 24.3. The Kier molecular flexibility index (Phi) is 23.3. The monoisotopic (exact) mass is 967 g/mol. The van der Waals surface area contributed by atoms with Crippen LogP contribution in [0.25, 0.3) is 0 Å². The molecule has 3 atom stereocenters. The van der Waals surface area contributed by atoms with E-state index in [4.69, 9.17) is 0 Å². The summed E-state index contributed by atoms with van der Waals surface area (Å²) in [5, 5.41) is 9.01. The summed E-state index contributed by atoms with van der Waals surface area (Å²) in [4.78, 5) is 66.3. The molecule has 5 amide bonds. The van der Waals surface area contributed by atoms with Crippen molar-refractivity contribution in [1.29, 1.82) is 0 Å². The second-order valence-corrected chi connectivity index (χ2v) is 22.0. The summed E-state index contributed by atoms with van der Waals surface area (Å²) in [5.74, 6) is -1.33. The van der Waals surface area contributed by atoms with E-state index >= 15 is 0 Å². The highest BCUT2D eigenvalue weighted by Crippen LogP contribution is 2.29. The zero-order valence-corrected chi connectivity index (χ0v) is 40.1. The molecule has 0 bridgehead atoms. The van der Waals surface area contributed by atoms with Crippen molar-refractivity contribution in [2.75, 3.05) is 44.9 Å². The van der Waals surface area contributed by atoms with E-state index in [0.717, 1.165) is 24.8 Å². The molecule has 1 aromatic carbocycles. The molecular formula is C39H66IN7O7S3. The maximum Gasteiger partial charge on any atom is 0.260 e. The zero-order valence-electron chi connectivity index (χ0n) is 35.5. The third kappa shape index (κ3) is 19.5. The minimum atomic E-state index is -3.96. The van der Waals surface area contributed by atoms with E-state index in [1.54, 1.807) is 30.4 Å². The topological polar surface area (TPSA) is 186 Å². The number of halogens is 1. The quantitative estimate of drug-likeness (QED) is 0.0228. The van der Waals surface area contributed by atoms with Crippen LogP contribution in [0.15, 0.2) is 42.0 Å². The van der Waals surface area contributed by atoms with Crippen LogP contribution < -0.4 is 26.1 Å². The molecule has 0 heterocycles. The molecule has 324 valence electrons. The van der Waals surface area contributed by atoms with Crippen LogP contribution in [0.3, 0.4) is 0 Å². The lowest BCUT2D eigenvalue weighted by Crippen LogP contribution is -2.61. The molecule has 18 heteroatoms. The van der Waals surface area contributed by atoms with Crippen molar-refractivity contribution in [2.45, 2.75) is 111 Å². The molecule has 1 aromatic rings. The number of carbonyl (C=O) groups excluding carboxylic acids is 5. The number of hydrazine groups is 1. The van der Waals surface area contributed by atoms with Gasteiger partial charge in [0.15, 0.2) is 0 Å². The minimum absolute atomic E-state index is 0.0432. The van der Waals surface area contributed by atoms with Crippen molar-refractivity contribution in [3.05, 3.63) is 47.5 Å². The highest BCUT2D eigenvalue weighted by atomic mass is 127. The Bertz CT molecular complexity index is 1600. The number of hydrogen-bond acceptors (Lipinski definition) is 11. The normalized spacial score (nSPS) is 14.1. The molecule has 14 nitrogen and oxygen atoms in total. The molecule has 0 aliphatic carbocycles. The van der Waals surface area contributed by atoms with Gasteiger partial charge in [-0.05, 0) is 43.7 Å². The maximum absolute atomic E-state index is 14.2. The van der Waals surface area contributed by atoms with Gasteiger partial charge in [-0.3, -0.25) is 29.4 Å². The summed E-state index contributed by atoms with van der Waals surface area (Å²) in [7, 11) is 3.81. The van der Waals surface area contributed by atoms with Crippen molar-refractivity contribution in [2.24, 2.45) is 11.3 Å². The predicted molar refractivity (Wildman–Crippen MR) is 242 cm³/mol. The van der Waals surface area contributed by atoms with Crippen LogP contribution in [0.5, 0.6) is 0 Å². The second-order valence-electron chi connectivity index (χ2n) is 16.0. The Labute approximate surface area is 363 Å². The molecule has 0 saturated heterocycles. The predicted octanol–water partition coefficient (Wildman–Crippen LogP) is 4.72. The largest absolute Gasteiger partial charge is 0.356 e. The molecular weight excluding hydrogens is 902 g/mol. The van der Waals surface area contributed by atoms with Gasteiger partial charge in [0.25, 0.3) is 5.91 Å². The third-order valence-corrected chi connectivity index (χ3v) is 13.5. The number of likely N-dealkylation sites (N-methyl/N-ethyl adjacent to an activating group) is 2. The van der Waals surface area contributed by atoms with E-state index in [-0.39, 0.29) is 53.0 Å². The van der Waals surface area contributed by atoms with Gasteiger partial charge in [-0.2, -0.15) is 3.22 Å². The summed E-state index contributed by atoms with van der Waals surface area (Å²) in [5.41, 5.74) is 2.51. The number of nitrogens with zero attached hydrogens (tertiary/aromatic N) is 2. The van der Waals surface area contributed by atoms with Gasteiger partial charge in [0, 0.05) is 78.8 Å². The van der Waals surface area contributed by atoms with E-state index in [9.17, 15) is 32.4 Å². The van der Waals surface area contributed by atoms with Gasteiger partial charge < -0.3 is 20.9 Å². The Hall–Kier alpha value is -2.39. The average Bonchev–Trinajstić information content (AvgIpc) is 3.11. The van der Waals surface area contributed by atoms with Crippen LogP contribution in [0, 0.1) is 11.3 Å². The number of unbranched alkanes of at least 4 members (excludes halogenated alkanes) is 2. The van der Waals surface area contributed by atoms with Crippen LogP contribution in [0.1, 0.15) is 93.1 Å². The van der Waals surface area contributed by atoms with Gasteiger partial charge in [-0.25, -0.2) is 13.1 Å². The first kappa shape index (κ1) is 52.6. The standard InChI is InChI=1S/C39H66IN7O7S3/c1-27(2)30(46(10)37(52)34(38(4,5)6)43-36(51)33(41-9)39(7,8)29-18-14-12-15-19-29)26-28(3)35(50)45-57(53,54)25-24-56-55-23-21-31(48)42-22-17-13-16-20-32(49)44-47(11)40/h12,14-15,18-19,26-27,30,33-34,41H,13,16-17,20-25H2,1-11H3,(H,42,48)(H,43,51)(H,44,49)(H,45,50)/b28-26+/t30-,33-,34-/m1/s1. The summed E-state index contributed by atoms with van der Waals surface area (Å²) >= 11 is 1.97. The van der Waals surface area contributed by atoms with Crippen LogP contribution in [-0.2, 0) is 39.4 Å². The molecule has 0 spiro atoms. The molecule has 0 radical (unpaired) electrons. The van der Waals surface area contributed by atoms with Gasteiger partial charge >= 0.3 is 0 Å². The fourth-order valence-corrected chi connectivity index (χ4v) is 10.0. The molecule has 0 unspecified atom stereocenters. The van der Waals surface area contributed by atoms with Gasteiger partial charge in [0.1, 0.15) is 6.04 Å². The lowest BCUT2D eigenvalue weighted by atomic mass is 9.76. The SMILES string of the molecule is CN[C@H](C(=O)N[C@H](C(=O)N(C)[C@H](/C=C(\C)C(=O)NS(=O)(=O)CCSSCCC(=O)NCCCCCC(=O)NN(C)I)C(C)C)C(C)(C)C)C(C)(C)c1ccccc1. The lowest BCUT2D eigenvalue weighted by molar-refractivity contribution is -0.141. The van der Waals surface area contributed by atoms with E-state index in [1.807, 2.05) is 102 Å². The van der Waals surface area contributed by atoms with Crippen molar-refractivity contribution in [3.8, 4) is 0 Å². The second kappa shape index (κ2) is 25.3. The molecule has 0 saturated carbocycles. The summed E-state index contributed by atoms with van der Waals surface area (Å²) in [6.45, 7) is 15.4. The molecule has 0 aliphatic heterocycles. The Morgan fingerprint density at radius 1 is 0.877 bits per heavy atom. The fourth-order valence-electron chi connectivity index (χ4n) is 5.96. The van der Waals surface area contributed by atoms with Crippen LogP contribution >= 0.6 is 44.5 Å².